The first-order valence-corrected chi connectivity index (χ1v) is 6.15. The van der Waals surface area contributed by atoms with Crippen molar-refractivity contribution in [3.8, 4) is 0 Å². The largest absolute Gasteiger partial charge is 0.467 e. The van der Waals surface area contributed by atoms with Gasteiger partial charge in [-0.25, -0.2) is 9.59 Å². The van der Waals surface area contributed by atoms with E-state index < -0.39 is 23.7 Å². The summed E-state index contributed by atoms with van der Waals surface area (Å²) in [5, 5.41) is 2.41. The number of hydrogen-bond acceptors (Lipinski definition) is 6. The van der Waals surface area contributed by atoms with E-state index in [2.05, 4.69) is 10.1 Å². The van der Waals surface area contributed by atoms with Gasteiger partial charge < -0.3 is 25.3 Å². The maximum atomic E-state index is 11.6. The molecular weight excluding hydrogens is 252 g/mol. The minimum absolute atomic E-state index is 0.0198. The van der Waals surface area contributed by atoms with E-state index in [1.165, 1.54) is 7.11 Å². The number of ether oxygens (including phenoxy) is 3. The molecule has 0 aliphatic carbocycles. The van der Waals surface area contributed by atoms with Gasteiger partial charge in [-0.3, -0.25) is 0 Å². The first-order chi connectivity index (χ1) is 8.80. The van der Waals surface area contributed by atoms with E-state index in [4.69, 9.17) is 15.2 Å². The topological polar surface area (TPSA) is 99.9 Å². The summed E-state index contributed by atoms with van der Waals surface area (Å²) in [5.41, 5.74) is 4.69. The lowest BCUT2D eigenvalue weighted by molar-refractivity contribution is -0.144. The van der Waals surface area contributed by atoms with Gasteiger partial charge in [0.1, 0.15) is 5.60 Å². The fourth-order valence-electron chi connectivity index (χ4n) is 1.15. The molecule has 19 heavy (non-hydrogen) atoms. The Balaban J connectivity index is 4.27. The summed E-state index contributed by atoms with van der Waals surface area (Å²) in [7, 11) is 1.24. The van der Waals surface area contributed by atoms with Gasteiger partial charge in [0.25, 0.3) is 0 Å². The maximum absolute atomic E-state index is 11.6. The summed E-state index contributed by atoms with van der Waals surface area (Å²) >= 11 is 0. The Bertz CT molecular complexity index is 288. The summed E-state index contributed by atoms with van der Waals surface area (Å²) < 4.78 is 14.9. The Labute approximate surface area is 113 Å². The summed E-state index contributed by atoms with van der Waals surface area (Å²) in [5.74, 6) is -0.585. The Kier molecular flexibility index (Phi) is 8.09. The number of methoxy groups -OCH3 is 1. The van der Waals surface area contributed by atoms with Gasteiger partial charge in [-0.1, -0.05) is 0 Å². The molecule has 1 amide bonds. The quantitative estimate of drug-likeness (QED) is 0.516. The van der Waals surface area contributed by atoms with Crippen molar-refractivity contribution < 1.29 is 23.8 Å². The fraction of sp³-hybridized carbons (Fsp3) is 0.833. The molecule has 0 heterocycles. The van der Waals surface area contributed by atoms with Gasteiger partial charge in [-0.15, -0.1) is 0 Å². The summed E-state index contributed by atoms with van der Waals surface area (Å²) in [6.07, 6.45) is -0.00863. The molecule has 0 saturated heterocycles. The maximum Gasteiger partial charge on any atom is 0.408 e. The molecule has 7 nitrogen and oxygen atoms in total. The number of carbonyl (C=O) groups is 2. The molecule has 0 rings (SSSR count). The van der Waals surface area contributed by atoms with Crippen molar-refractivity contribution in [3.63, 3.8) is 0 Å². The van der Waals surface area contributed by atoms with Crippen molar-refractivity contribution >= 4 is 12.1 Å². The van der Waals surface area contributed by atoms with Gasteiger partial charge in [0, 0.05) is 6.61 Å². The van der Waals surface area contributed by atoms with Crippen molar-refractivity contribution in [2.75, 3.05) is 26.9 Å². The predicted molar refractivity (Wildman–Crippen MR) is 69.7 cm³/mol. The smallest absolute Gasteiger partial charge is 0.408 e. The number of hydrogen-bond donors (Lipinski definition) is 2. The summed E-state index contributed by atoms with van der Waals surface area (Å²) in [6, 6.07) is -0.891. The molecule has 0 aliphatic heterocycles. The van der Waals surface area contributed by atoms with E-state index >= 15 is 0 Å². The zero-order valence-electron chi connectivity index (χ0n) is 12.0. The van der Waals surface area contributed by atoms with E-state index in [9.17, 15) is 9.59 Å². The summed E-state index contributed by atoms with van der Waals surface area (Å²) in [6.45, 7) is 6.14. The van der Waals surface area contributed by atoms with E-state index in [0.717, 1.165) is 0 Å². The molecule has 0 spiro atoms. The van der Waals surface area contributed by atoms with Crippen LogP contribution in [-0.4, -0.2) is 50.6 Å². The SMILES string of the molecule is COC(=O)[C@H](COCCCN)NC(=O)OC(C)(C)C. The minimum atomic E-state index is -0.891. The van der Waals surface area contributed by atoms with Gasteiger partial charge in [0.15, 0.2) is 6.04 Å². The Morgan fingerprint density at radius 3 is 2.42 bits per heavy atom. The second kappa shape index (κ2) is 8.71. The number of carbonyl (C=O) groups excluding carboxylic acids is 2. The van der Waals surface area contributed by atoms with E-state index in [1.54, 1.807) is 20.8 Å². The van der Waals surface area contributed by atoms with E-state index in [1.807, 2.05) is 0 Å². The average Bonchev–Trinajstić information content (AvgIpc) is 2.29. The van der Waals surface area contributed by atoms with Gasteiger partial charge in [0.05, 0.1) is 13.7 Å². The van der Waals surface area contributed by atoms with Crippen molar-refractivity contribution in [2.45, 2.75) is 38.8 Å². The molecule has 7 heteroatoms. The second-order valence-electron chi connectivity index (χ2n) is 4.94. The van der Waals surface area contributed by atoms with Crippen LogP contribution in [0.4, 0.5) is 4.79 Å². The minimum Gasteiger partial charge on any atom is -0.467 e. The Morgan fingerprint density at radius 2 is 1.95 bits per heavy atom. The first-order valence-electron chi connectivity index (χ1n) is 6.15. The molecule has 0 bridgehead atoms. The molecule has 0 fully saturated rings. The van der Waals surface area contributed by atoms with Crippen LogP contribution in [-0.2, 0) is 19.0 Å². The predicted octanol–water partition coefficient (Wildman–Crippen LogP) is 0.418. The number of nitrogens with one attached hydrogen (secondary N) is 1. The fourth-order valence-corrected chi connectivity index (χ4v) is 1.15. The van der Waals surface area contributed by atoms with Crippen molar-refractivity contribution in [1.29, 1.82) is 0 Å². The van der Waals surface area contributed by atoms with Crippen LogP contribution >= 0.6 is 0 Å². The van der Waals surface area contributed by atoms with Crippen LogP contribution in [0.5, 0.6) is 0 Å². The number of rotatable bonds is 7. The monoisotopic (exact) mass is 276 g/mol. The molecule has 0 aromatic heterocycles. The molecular formula is C12H24N2O5. The highest BCUT2D eigenvalue weighted by molar-refractivity contribution is 5.81. The molecule has 0 aromatic rings. The van der Waals surface area contributed by atoms with Crippen molar-refractivity contribution in [3.05, 3.63) is 0 Å². The number of esters is 1. The molecule has 3 N–H and O–H groups in total. The van der Waals surface area contributed by atoms with Crippen LogP contribution in [0, 0.1) is 0 Å². The Morgan fingerprint density at radius 1 is 1.32 bits per heavy atom. The van der Waals surface area contributed by atoms with Crippen LogP contribution in [0.1, 0.15) is 27.2 Å². The lowest BCUT2D eigenvalue weighted by Gasteiger charge is -2.22. The second-order valence-corrected chi connectivity index (χ2v) is 4.94. The molecule has 0 aromatic carbocycles. The van der Waals surface area contributed by atoms with Crippen LogP contribution in [0.2, 0.25) is 0 Å². The van der Waals surface area contributed by atoms with Crippen molar-refractivity contribution in [2.24, 2.45) is 5.73 Å². The number of amides is 1. The first kappa shape index (κ1) is 17.7. The van der Waals surface area contributed by atoms with Gasteiger partial charge in [-0.2, -0.15) is 0 Å². The van der Waals surface area contributed by atoms with Crippen molar-refractivity contribution in [1.82, 2.24) is 5.32 Å². The standard InChI is InChI=1S/C12H24N2O5/c1-12(2,3)19-11(16)14-9(10(15)17-4)8-18-7-5-6-13/h9H,5-8,13H2,1-4H3,(H,14,16)/t9-/m0/s1. The highest BCUT2D eigenvalue weighted by Gasteiger charge is 2.25. The van der Waals surface area contributed by atoms with Gasteiger partial charge in [0.2, 0.25) is 0 Å². The van der Waals surface area contributed by atoms with Crippen LogP contribution in [0.25, 0.3) is 0 Å². The molecule has 0 unspecified atom stereocenters. The third kappa shape index (κ3) is 9.26. The van der Waals surface area contributed by atoms with Gasteiger partial charge >= 0.3 is 12.1 Å². The summed E-state index contributed by atoms with van der Waals surface area (Å²) in [4.78, 5) is 23.0. The zero-order valence-corrected chi connectivity index (χ0v) is 12.0. The highest BCUT2D eigenvalue weighted by atomic mass is 16.6. The lowest BCUT2D eigenvalue weighted by atomic mass is 10.2. The zero-order chi connectivity index (χ0) is 14.9. The third-order valence-corrected chi connectivity index (χ3v) is 1.95. The van der Waals surface area contributed by atoms with Crippen LogP contribution in [0.3, 0.4) is 0 Å². The average molecular weight is 276 g/mol. The van der Waals surface area contributed by atoms with Crippen LogP contribution in [0.15, 0.2) is 0 Å². The lowest BCUT2D eigenvalue weighted by Crippen LogP contribution is -2.46. The normalized spacial score (nSPS) is 12.7. The van der Waals surface area contributed by atoms with Gasteiger partial charge in [-0.05, 0) is 33.7 Å². The molecule has 112 valence electrons. The number of alkyl carbamates (subject to hydrolysis) is 1. The molecule has 0 radical (unpaired) electrons. The van der Waals surface area contributed by atoms with E-state index in [0.29, 0.717) is 19.6 Å². The third-order valence-electron chi connectivity index (χ3n) is 1.95. The Hall–Kier alpha value is -1.34. The van der Waals surface area contributed by atoms with Crippen LogP contribution < -0.4 is 11.1 Å². The highest BCUT2D eigenvalue weighted by Crippen LogP contribution is 2.07. The molecule has 0 saturated carbocycles. The molecule has 1 atom stereocenters. The number of nitrogens with two attached hydrogens (primary N) is 1. The molecule has 0 aliphatic rings. The van der Waals surface area contributed by atoms with E-state index in [-0.39, 0.29) is 6.61 Å².